The number of hydrogen-bond acceptors (Lipinski definition) is 4. The molecule has 22 heavy (non-hydrogen) atoms. The minimum Gasteiger partial charge on any atom is -0.425 e. The van der Waals surface area contributed by atoms with Gasteiger partial charge in [0.15, 0.2) is 0 Å². The van der Waals surface area contributed by atoms with Crippen LogP contribution in [0, 0.1) is 0 Å². The van der Waals surface area contributed by atoms with Crippen LogP contribution in [0.2, 0.25) is 0 Å². The second kappa shape index (κ2) is 8.91. The van der Waals surface area contributed by atoms with Crippen LogP contribution < -0.4 is 16.2 Å². The molecule has 1 aromatic rings. The minimum atomic E-state index is -0.591. The highest BCUT2D eigenvalue weighted by Crippen LogP contribution is 2.34. The maximum atomic E-state index is 12.3. The van der Waals surface area contributed by atoms with Crippen molar-refractivity contribution in [3.63, 3.8) is 0 Å². The predicted molar refractivity (Wildman–Crippen MR) is 91.1 cm³/mol. The van der Waals surface area contributed by atoms with Crippen LogP contribution in [0.3, 0.4) is 0 Å². The Hall–Kier alpha value is -1.39. The molecule has 1 atom stereocenters. The van der Waals surface area contributed by atoms with Gasteiger partial charge in [-0.2, -0.15) is 0 Å². The second-order valence-electron chi connectivity index (χ2n) is 6.39. The van der Waals surface area contributed by atoms with Crippen LogP contribution in [0.15, 0.2) is 18.2 Å². The van der Waals surface area contributed by atoms with Gasteiger partial charge in [-0.1, -0.05) is 52.3 Å². The largest absolute Gasteiger partial charge is 0.425 e. The van der Waals surface area contributed by atoms with E-state index in [0.717, 1.165) is 24.0 Å². The molecule has 0 heterocycles. The van der Waals surface area contributed by atoms with Crippen molar-refractivity contribution in [1.82, 2.24) is 0 Å². The Labute approximate surface area is 134 Å². The quantitative estimate of drug-likeness (QED) is 0.439. The van der Waals surface area contributed by atoms with E-state index in [-0.39, 0.29) is 17.8 Å². The lowest BCUT2D eigenvalue weighted by Gasteiger charge is -2.20. The van der Waals surface area contributed by atoms with Crippen LogP contribution in [0.25, 0.3) is 0 Å². The highest BCUT2D eigenvalue weighted by Gasteiger charge is 2.21. The number of unbranched alkanes of at least 4 members (excludes halogenated alkanes) is 1. The normalized spacial score (nSPS) is 12.7. The van der Waals surface area contributed by atoms with Gasteiger partial charge in [-0.25, -0.2) is 4.79 Å². The number of benzene rings is 1. The zero-order valence-corrected chi connectivity index (χ0v) is 14.3. The molecule has 0 spiro atoms. The summed E-state index contributed by atoms with van der Waals surface area (Å²) in [6.45, 7) is 9.00. The first-order valence-corrected chi connectivity index (χ1v) is 8.18. The zero-order chi connectivity index (χ0) is 16.7. The first kappa shape index (κ1) is 18.7. The van der Waals surface area contributed by atoms with Gasteiger partial charge in [-0.05, 0) is 42.3 Å². The van der Waals surface area contributed by atoms with E-state index in [4.69, 9.17) is 16.2 Å². The highest BCUT2D eigenvalue weighted by atomic mass is 16.5. The maximum absolute atomic E-state index is 12.3. The molecule has 0 aliphatic rings. The van der Waals surface area contributed by atoms with Crippen LogP contribution in [-0.2, 0) is 4.79 Å². The Morgan fingerprint density at radius 1 is 1.09 bits per heavy atom. The summed E-state index contributed by atoms with van der Waals surface area (Å²) in [5, 5.41) is 0. The summed E-state index contributed by atoms with van der Waals surface area (Å²) in [5.74, 6) is 0.906. The first-order valence-electron chi connectivity index (χ1n) is 8.18. The molecule has 1 rings (SSSR count). The van der Waals surface area contributed by atoms with E-state index in [2.05, 4.69) is 27.7 Å². The maximum Gasteiger partial charge on any atom is 0.328 e. The number of ether oxygens (including phenoxy) is 1. The van der Waals surface area contributed by atoms with Crippen molar-refractivity contribution in [2.45, 2.75) is 64.8 Å². The van der Waals surface area contributed by atoms with Crippen molar-refractivity contribution in [1.29, 1.82) is 0 Å². The predicted octanol–water partition coefficient (Wildman–Crippen LogP) is 3.30. The molecular formula is C18H30N2O2. The van der Waals surface area contributed by atoms with Gasteiger partial charge < -0.3 is 16.2 Å². The van der Waals surface area contributed by atoms with Gasteiger partial charge in [-0.3, -0.25) is 0 Å². The molecule has 0 aromatic heterocycles. The molecule has 0 bridgehead atoms. The fourth-order valence-electron chi connectivity index (χ4n) is 2.40. The van der Waals surface area contributed by atoms with Crippen molar-refractivity contribution in [2.75, 3.05) is 6.54 Å². The standard InChI is InChI=1S/C18H30N2O2/c1-12(2)14-8-7-9-15(13(3)4)17(14)22-18(21)16(20)10-5-6-11-19/h7-9,12-13,16H,5-6,10-11,19-20H2,1-4H3. The lowest BCUT2D eigenvalue weighted by molar-refractivity contribution is -0.136. The Bertz CT molecular complexity index is 458. The summed E-state index contributed by atoms with van der Waals surface area (Å²) in [5.41, 5.74) is 13.5. The highest BCUT2D eigenvalue weighted by molar-refractivity contribution is 5.78. The molecule has 0 fully saturated rings. The molecule has 1 aromatic carbocycles. The molecule has 0 aliphatic heterocycles. The molecule has 1 unspecified atom stereocenters. The number of carbonyl (C=O) groups is 1. The second-order valence-corrected chi connectivity index (χ2v) is 6.39. The Kier molecular flexibility index (Phi) is 7.56. The van der Waals surface area contributed by atoms with Crippen molar-refractivity contribution in [3.05, 3.63) is 29.3 Å². The third kappa shape index (κ3) is 5.11. The van der Waals surface area contributed by atoms with Crippen LogP contribution >= 0.6 is 0 Å². The number of rotatable bonds is 8. The molecular weight excluding hydrogens is 276 g/mol. The summed E-state index contributed by atoms with van der Waals surface area (Å²) >= 11 is 0. The first-order chi connectivity index (χ1) is 10.4. The third-order valence-corrected chi connectivity index (χ3v) is 3.79. The summed E-state index contributed by atoms with van der Waals surface area (Å²) in [6.07, 6.45) is 2.33. The molecule has 0 saturated heterocycles. The van der Waals surface area contributed by atoms with Crippen LogP contribution in [0.4, 0.5) is 0 Å². The third-order valence-electron chi connectivity index (χ3n) is 3.79. The topological polar surface area (TPSA) is 78.3 Å². The molecule has 0 saturated carbocycles. The smallest absolute Gasteiger partial charge is 0.328 e. The molecule has 4 nitrogen and oxygen atoms in total. The molecule has 0 amide bonds. The van der Waals surface area contributed by atoms with E-state index in [9.17, 15) is 4.79 Å². The molecule has 0 aliphatic carbocycles. The number of nitrogens with two attached hydrogens (primary N) is 2. The zero-order valence-electron chi connectivity index (χ0n) is 14.3. The van der Waals surface area contributed by atoms with E-state index in [1.165, 1.54) is 0 Å². The van der Waals surface area contributed by atoms with E-state index >= 15 is 0 Å². The van der Waals surface area contributed by atoms with Gasteiger partial charge in [-0.15, -0.1) is 0 Å². The van der Waals surface area contributed by atoms with Gasteiger partial charge in [0.1, 0.15) is 11.8 Å². The summed E-state index contributed by atoms with van der Waals surface area (Å²) in [6, 6.07) is 5.45. The summed E-state index contributed by atoms with van der Waals surface area (Å²) < 4.78 is 5.70. The van der Waals surface area contributed by atoms with E-state index in [0.29, 0.717) is 18.7 Å². The Morgan fingerprint density at radius 3 is 2.09 bits per heavy atom. The van der Waals surface area contributed by atoms with Gasteiger partial charge in [0.2, 0.25) is 0 Å². The van der Waals surface area contributed by atoms with E-state index in [1.807, 2.05) is 18.2 Å². The number of esters is 1. The van der Waals surface area contributed by atoms with Crippen molar-refractivity contribution >= 4 is 5.97 Å². The fraction of sp³-hybridized carbons (Fsp3) is 0.611. The Balaban J connectivity index is 2.93. The molecule has 0 radical (unpaired) electrons. The van der Waals surface area contributed by atoms with E-state index in [1.54, 1.807) is 0 Å². The number of hydrogen-bond donors (Lipinski definition) is 2. The molecule has 4 N–H and O–H groups in total. The van der Waals surface area contributed by atoms with Gasteiger partial charge in [0.25, 0.3) is 0 Å². The number of para-hydroxylation sites is 1. The SMILES string of the molecule is CC(C)c1cccc(C(C)C)c1OC(=O)C(N)CCCCN. The van der Waals surface area contributed by atoms with E-state index < -0.39 is 6.04 Å². The van der Waals surface area contributed by atoms with Crippen LogP contribution in [-0.4, -0.2) is 18.6 Å². The average Bonchev–Trinajstić information content (AvgIpc) is 2.46. The monoisotopic (exact) mass is 306 g/mol. The van der Waals surface area contributed by atoms with Crippen LogP contribution in [0.1, 0.15) is 69.9 Å². The lowest BCUT2D eigenvalue weighted by Crippen LogP contribution is -2.34. The molecule has 4 heteroatoms. The fourth-order valence-corrected chi connectivity index (χ4v) is 2.40. The van der Waals surface area contributed by atoms with Gasteiger partial charge >= 0.3 is 5.97 Å². The average molecular weight is 306 g/mol. The minimum absolute atomic E-state index is 0.287. The van der Waals surface area contributed by atoms with Crippen LogP contribution in [0.5, 0.6) is 5.75 Å². The summed E-state index contributed by atoms with van der Waals surface area (Å²) in [4.78, 5) is 12.3. The van der Waals surface area contributed by atoms with Crippen molar-refractivity contribution in [2.24, 2.45) is 11.5 Å². The van der Waals surface area contributed by atoms with Crippen molar-refractivity contribution in [3.8, 4) is 5.75 Å². The van der Waals surface area contributed by atoms with Gasteiger partial charge in [0, 0.05) is 0 Å². The number of carbonyl (C=O) groups excluding carboxylic acids is 1. The Morgan fingerprint density at radius 2 is 1.64 bits per heavy atom. The van der Waals surface area contributed by atoms with Gasteiger partial charge in [0.05, 0.1) is 0 Å². The molecule has 124 valence electrons. The summed E-state index contributed by atoms with van der Waals surface area (Å²) in [7, 11) is 0. The van der Waals surface area contributed by atoms with Crippen molar-refractivity contribution < 1.29 is 9.53 Å². The lowest BCUT2D eigenvalue weighted by atomic mass is 9.94.